The quantitative estimate of drug-likeness (QED) is 0.111. The van der Waals surface area contributed by atoms with Crippen LogP contribution in [0.2, 0.25) is 0 Å². The molecule has 0 amide bonds. The van der Waals surface area contributed by atoms with Crippen molar-refractivity contribution in [2.45, 2.75) is 50.7 Å². The number of thiol groups is 1. The minimum absolute atomic E-state index is 0.000242. The van der Waals surface area contributed by atoms with Crippen LogP contribution in [0.3, 0.4) is 0 Å². The Labute approximate surface area is 186 Å². The Hall–Kier alpha value is -1.21. The standard InChI is InChI=1S/C22H23BClF5S/c1-21(2,10-13-6-4-12(5-7-13)8-9-30)11-14(22(3,23)24)15-16(25)18(27)20(29)19(28)17(15)26/h4-7,14,30H,8-11H2,1-3H3. The average molecular weight is 461 g/mol. The van der Waals surface area contributed by atoms with Crippen LogP contribution in [0.5, 0.6) is 0 Å². The van der Waals surface area contributed by atoms with Crippen molar-refractivity contribution in [2.75, 3.05) is 5.75 Å². The molecule has 2 aromatic carbocycles. The average Bonchev–Trinajstić information content (AvgIpc) is 2.65. The van der Waals surface area contributed by atoms with Gasteiger partial charge in [0, 0.05) is 16.3 Å². The van der Waals surface area contributed by atoms with Gasteiger partial charge in [-0.3, -0.25) is 0 Å². The van der Waals surface area contributed by atoms with E-state index < -0.39 is 50.8 Å². The Bertz CT molecular complexity index is 865. The van der Waals surface area contributed by atoms with Crippen LogP contribution in [-0.2, 0) is 12.8 Å². The van der Waals surface area contributed by atoms with Gasteiger partial charge in [0.15, 0.2) is 23.3 Å². The van der Waals surface area contributed by atoms with Crippen LogP contribution in [-0.4, -0.2) is 18.4 Å². The SMILES string of the molecule is [B]C(C)(Cl)C(CC(C)(C)Cc1ccc(CCS)cc1)c1c(F)c(F)c(F)c(F)c1F. The van der Waals surface area contributed by atoms with Gasteiger partial charge < -0.3 is 0 Å². The summed E-state index contributed by atoms with van der Waals surface area (Å²) in [5.41, 5.74) is 0.503. The highest BCUT2D eigenvalue weighted by atomic mass is 35.5. The van der Waals surface area contributed by atoms with E-state index in [9.17, 15) is 22.0 Å². The summed E-state index contributed by atoms with van der Waals surface area (Å²) in [4.78, 5) is 0. The van der Waals surface area contributed by atoms with Gasteiger partial charge in [0.2, 0.25) is 5.82 Å². The molecule has 30 heavy (non-hydrogen) atoms. The molecule has 2 unspecified atom stereocenters. The number of halogens is 6. The summed E-state index contributed by atoms with van der Waals surface area (Å²) in [6.45, 7) is 4.95. The zero-order chi connectivity index (χ0) is 22.9. The molecule has 0 N–H and O–H groups in total. The van der Waals surface area contributed by atoms with Crippen molar-refractivity contribution in [3.63, 3.8) is 0 Å². The van der Waals surface area contributed by atoms with Gasteiger partial charge in [0.05, 0.1) is 7.85 Å². The lowest BCUT2D eigenvalue weighted by atomic mass is 9.66. The van der Waals surface area contributed by atoms with E-state index >= 15 is 0 Å². The van der Waals surface area contributed by atoms with Crippen LogP contribution in [0.4, 0.5) is 22.0 Å². The summed E-state index contributed by atoms with van der Waals surface area (Å²) in [6, 6.07) is 7.82. The van der Waals surface area contributed by atoms with E-state index in [0.717, 1.165) is 23.3 Å². The predicted octanol–water partition coefficient (Wildman–Crippen LogP) is 6.72. The van der Waals surface area contributed by atoms with Gasteiger partial charge in [-0.15, -0.1) is 11.6 Å². The maximum Gasteiger partial charge on any atom is 0.200 e. The molecule has 0 aliphatic heterocycles. The van der Waals surface area contributed by atoms with Crippen LogP contribution >= 0.6 is 24.2 Å². The fourth-order valence-electron chi connectivity index (χ4n) is 3.64. The zero-order valence-corrected chi connectivity index (χ0v) is 18.7. The summed E-state index contributed by atoms with van der Waals surface area (Å²) in [5.74, 6) is -10.6. The molecule has 0 saturated carbocycles. The van der Waals surface area contributed by atoms with E-state index in [0.29, 0.717) is 6.42 Å². The Morgan fingerprint density at radius 1 is 0.867 bits per heavy atom. The van der Waals surface area contributed by atoms with Crippen LogP contribution in [0, 0.1) is 34.5 Å². The Balaban J connectivity index is 2.40. The van der Waals surface area contributed by atoms with Gasteiger partial charge in [-0.1, -0.05) is 45.0 Å². The van der Waals surface area contributed by atoms with Crippen LogP contribution < -0.4 is 0 Å². The topological polar surface area (TPSA) is 0 Å². The molecule has 0 saturated heterocycles. The molecule has 0 heterocycles. The normalized spacial score (nSPS) is 15.1. The third kappa shape index (κ3) is 5.73. The summed E-state index contributed by atoms with van der Waals surface area (Å²) in [6.07, 6.45) is 1.32. The largest absolute Gasteiger partial charge is 0.203 e. The number of benzene rings is 2. The Morgan fingerprint density at radius 3 is 1.73 bits per heavy atom. The molecule has 0 aliphatic carbocycles. The lowest BCUT2D eigenvalue weighted by Crippen LogP contribution is -2.34. The lowest BCUT2D eigenvalue weighted by molar-refractivity contribution is 0.279. The number of hydrogen-bond acceptors (Lipinski definition) is 1. The summed E-state index contributed by atoms with van der Waals surface area (Å²) in [7, 11) is 5.93. The van der Waals surface area contributed by atoms with Gasteiger partial charge in [0.1, 0.15) is 0 Å². The van der Waals surface area contributed by atoms with Gasteiger partial charge in [0.25, 0.3) is 0 Å². The second-order valence-electron chi connectivity index (χ2n) is 8.52. The highest BCUT2D eigenvalue weighted by Crippen LogP contribution is 2.44. The molecule has 0 aliphatic rings. The molecule has 0 spiro atoms. The Morgan fingerprint density at radius 2 is 1.30 bits per heavy atom. The fraction of sp³-hybridized carbons (Fsp3) is 0.455. The summed E-state index contributed by atoms with van der Waals surface area (Å²) >= 11 is 10.4. The molecule has 0 nitrogen and oxygen atoms in total. The number of rotatable bonds is 8. The van der Waals surface area contributed by atoms with Gasteiger partial charge >= 0.3 is 0 Å². The Kier molecular flexibility index (Phi) is 7.95. The van der Waals surface area contributed by atoms with Gasteiger partial charge in [-0.05, 0) is 41.6 Å². The molecule has 0 aromatic heterocycles. The minimum Gasteiger partial charge on any atom is -0.203 e. The van der Waals surface area contributed by atoms with Crippen LogP contribution in [0.1, 0.15) is 49.8 Å². The fourth-order valence-corrected chi connectivity index (χ4v) is 4.09. The van der Waals surface area contributed by atoms with Crippen molar-refractivity contribution in [1.82, 2.24) is 0 Å². The van der Waals surface area contributed by atoms with Crippen molar-refractivity contribution in [2.24, 2.45) is 5.41 Å². The first-order valence-corrected chi connectivity index (χ1v) is 10.5. The van der Waals surface area contributed by atoms with E-state index in [1.807, 2.05) is 38.1 Å². The monoisotopic (exact) mass is 460 g/mol. The van der Waals surface area contributed by atoms with E-state index in [1.165, 1.54) is 6.92 Å². The van der Waals surface area contributed by atoms with Crippen molar-refractivity contribution < 1.29 is 22.0 Å². The van der Waals surface area contributed by atoms with E-state index in [2.05, 4.69) is 12.6 Å². The first-order valence-electron chi connectivity index (χ1n) is 9.46. The lowest BCUT2D eigenvalue weighted by Gasteiger charge is -2.37. The second kappa shape index (κ2) is 9.52. The highest BCUT2D eigenvalue weighted by Gasteiger charge is 2.40. The maximum atomic E-state index is 14.5. The van der Waals surface area contributed by atoms with Crippen LogP contribution in [0.25, 0.3) is 0 Å². The molecule has 162 valence electrons. The molecule has 2 radical (unpaired) electrons. The van der Waals surface area contributed by atoms with E-state index in [-0.39, 0.29) is 6.42 Å². The van der Waals surface area contributed by atoms with Crippen LogP contribution in [0.15, 0.2) is 24.3 Å². The minimum atomic E-state index is -2.21. The number of aryl methyl sites for hydroxylation is 1. The number of hydrogen-bond donors (Lipinski definition) is 1. The summed E-state index contributed by atoms with van der Waals surface area (Å²) in [5, 5.41) is 0. The van der Waals surface area contributed by atoms with Gasteiger partial charge in [-0.2, -0.15) is 12.6 Å². The van der Waals surface area contributed by atoms with Crippen molar-refractivity contribution >= 4 is 32.1 Å². The molecule has 0 fully saturated rings. The van der Waals surface area contributed by atoms with Crippen molar-refractivity contribution in [3.05, 3.63) is 70.0 Å². The third-order valence-electron chi connectivity index (χ3n) is 5.14. The second-order valence-corrected chi connectivity index (χ2v) is 9.78. The molecular weight excluding hydrogens is 438 g/mol. The van der Waals surface area contributed by atoms with Gasteiger partial charge in [-0.25, -0.2) is 22.0 Å². The van der Waals surface area contributed by atoms with E-state index in [1.54, 1.807) is 0 Å². The first-order chi connectivity index (χ1) is 13.8. The molecule has 2 rings (SSSR count). The molecule has 8 heteroatoms. The first kappa shape index (κ1) is 25.1. The smallest absolute Gasteiger partial charge is 0.200 e. The maximum absolute atomic E-state index is 14.5. The van der Waals surface area contributed by atoms with Crippen molar-refractivity contribution in [1.29, 1.82) is 0 Å². The predicted molar refractivity (Wildman–Crippen MR) is 115 cm³/mol. The molecule has 2 atom stereocenters. The number of alkyl halides is 1. The van der Waals surface area contributed by atoms with E-state index in [4.69, 9.17) is 19.4 Å². The molecular formula is C22H23BClF5S. The molecule has 2 aromatic rings. The highest BCUT2D eigenvalue weighted by molar-refractivity contribution is 7.80. The van der Waals surface area contributed by atoms with Crippen molar-refractivity contribution in [3.8, 4) is 0 Å². The zero-order valence-electron chi connectivity index (χ0n) is 17.0. The molecule has 0 bridgehead atoms. The summed E-state index contributed by atoms with van der Waals surface area (Å²) < 4.78 is 68.2. The third-order valence-corrected chi connectivity index (χ3v) is 5.62.